The second kappa shape index (κ2) is 10.1. The summed E-state index contributed by atoms with van der Waals surface area (Å²) >= 11 is 1.20. The first kappa shape index (κ1) is 24.5. The van der Waals surface area contributed by atoms with Crippen molar-refractivity contribution in [3.05, 3.63) is 124 Å². The van der Waals surface area contributed by atoms with E-state index >= 15 is 0 Å². The molecular formula is C29H23FN2O4S. The zero-order chi connectivity index (χ0) is 26.1. The first-order valence-electron chi connectivity index (χ1n) is 11.7. The van der Waals surface area contributed by atoms with Crippen LogP contribution in [-0.2, 0) is 4.79 Å². The normalized spacial score (nSPS) is 21.1. The maximum absolute atomic E-state index is 14.2. The van der Waals surface area contributed by atoms with Crippen molar-refractivity contribution >= 4 is 29.0 Å². The lowest BCUT2D eigenvalue weighted by Crippen LogP contribution is -2.43. The van der Waals surface area contributed by atoms with E-state index in [0.717, 1.165) is 5.56 Å². The molecule has 0 aliphatic carbocycles. The number of aryl methyl sites for hydroxylation is 1. The number of hydrogen-bond acceptors (Lipinski definition) is 5. The number of Topliss-reactive ketones (excluding diaryl/α,β-unsaturated/α-hetero) is 1. The molecule has 37 heavy (non-hydrogen) atoms. The number of pyridine rings is 1. The van der Waals surface area contributed by atoms with Crippen LogP contribution in [0.5, 0.6) is 0 Å². The molecule has 6 nitrogen and oxygen atoms in total. The largest absolute Gasteiger partial charge is 0.480 e. The van der Waals surface area contributed by atoms with Crippen LogP contribution < -0.4 is 0 Å². The Morgan fingerprint density at radius 1 is 0.973 bits per heavy atom. The first-order chi connectivity index (χ1) is 17.9. The Hall–Kier alpha value is -4.17. The van der Waals surface area contributed by atoms with Crippen LogP contribution in [0.25, 0.3) is 0 Å². The van der Waals surface area contributed by atoms with E-state index in [1.54, 1.807) is 60.2 Å². The number of hydrogen-bond donors (Lipinski definition) is 1. The number of thiophene rings is 1. The number of carbonyl (C=O) groups is 3. The molecule has 4 aromatic rings. The van der Waals surface area contributed by atoms with E-state index in [4.69, 9.17) is 0 Å². The summed E-state index contributed by atoms with van der Waals surface area (Å²) < 4.78 is 13.9. The Kier molecular flexibility index (Phi) is 6.67. The molecule has 8 heteroatoms. The lowest BCUT2D eigenvalue weighted by molar-refractivity contribution is -0.142. The Morgan fingerprint density at radius 3 is 2.38 bits per heavy atom. The fourth-order valence-corrected chi connectivity index (χ4v) is 5.92. The Bertz CT molecular complexity index is 1440. The molecule has 2 aromatic carbocycles. The molecule has 1 aliphatic rings. The minimum Gasteiger partial charge on any atom is -0.480 e. The average molecular weight is 515 g/mol. The summed E-state index contributed by atoms with van der Waals surface area (Å²) in [5.41, 5.74) is 2.31. The van der Waals surface area contributed by atoms with Crippen molar-refractivity contribution in [1.82, 2.24) is 9.88 Å². The lowest BCUT2D eigenvalue weighted by atomic mass is 9.76. The van der Waals surface area contributed by atoms with Gasteiger partial charge in [-0.05, 0) is 53.8 Å². The van der Waals surface area contributed by atoms with Crippen molar-refractivity contribution in [3.63, 3.8) is 0 Å². The Morgan fingerprint density at radius 2 is 1.76 bits per heavy atom. The Labute approximate surface area is 217 Å². The maximum atomic E-state index is 14.2. The number of rotatable bonds is 6. The number of carboxylic acids is 1. The van der Waals surface area contributed by atoms with Crippen molar-refractivity contribution in [1.29, 1.82) is 0 Å². The van der Waals surface area contributed by atoms with E-state index in [9.17, 15) is 23.9 Å². The number of aromatic nitrogens is 1. The molecule has 1 saturated heterocycles. The number of ketones is 1. The summed E-state index contributed by atoms with van der Waals surface area (Å²) in [7, 11) is 0. The number of benzene rings is 2. The third-order valence-electron chi connectivity index (χ3n) is 6.77. The molecule has 1 fully saturated rings. The van der Waals surface area contributed by atoms with Gasteiger partial charge in [0.05, 0.1) is 16.8 Å². The van der Waals surface area contributed by atoms with E-state index in [2.05, 4.69) is 4.98 Å². The third kappa shape index (κ3) is 4.56. The minimum absolute atomic E-state index is 0.292. The van der Waals surface area contributed by atoms with Gasteiger partial charge < -0.3 is 10.0 Å². The fourth-order valence-electron chi connectivity index (χ4n) is 5.26. The SMILES string of the molecule is Cc1cccc(C(=O)C2C(c3ccc(F)cc3)C(C(=O)O)N(C(=O)c3cccs3)C2c2cccnc2)c1. The van der Waals surface area contributed by atoms with Crippen molar-refractivity contribution in [3.8, 4) is 0 Å². The number of likely N-dealkylation sites (tertiary alicyclic amines) is 1. The number of halogens is 1. The van der Waals surface area contributed by atoms with Gasteiger partial charge in [-0.15, -0.1) is 11.3 Å². The highest BCUT2D eigenvalue weighted by Gasteiger charge is 2.57. The van der Waals surface area contributed by atoms with Crippen molar-refractivity contribution in [2.24, 2.45) is 5.92 Å². The molecule has 1 aliphatic heterocycles. The highest BCUT2D eigenvalue weighted by atomic mass is 32.1. The van der Waals surface area contributed by atoms with Crippen LogP contribution in [0.1, 0.15) is 48.7 Å². The van der Waals surface area contributed by atoms with Crippen LogP contribution in [-0.4, -0.2) is 38.7 Å². The van der Waals surface area contributed by atoms with Gasteiger partial charge >= 0.3 is 5.97 Å². The first-order valence-corrected chi connectivity index (χ1v) is 12.6. The average Bonchev–Trinajstić information content (AvgIpc) is 3.56. The van der Waals surface area contributed by atoms with E-state index < -0.39 is 41.6 Å². The zero-order valence-electron chi connectivity index (χ0n) is 19.8. The second-order valence-electron chi connectivity index (χ2n) is 9.04. The van der Waals surface area contributed by atoms with Crippen LogP contribution in [0.2, 0.25) is 0 Å². The molecule has 0 saturated carbocycles. The summed E-state index contributed by atoms with van der Waals surface area (Å²) in [6, 6.07) is 17.1. The molecule has 1 N–H and O–H groups in total. The number of carbonyl (C=O) groups excluding carboxylic acids is 2. The van der Waals surface area contributed by atoms with Gasteiger partial charge in [-0.1, -0.05) is 48.0 Å². The van der Waals surface area contributed by atoms with Gasteiger partial charge in [-0.2, -0.15) is 0 Å². The zero-order valence-corrected chi connectivity index (χ0v) is 20.6. The highest BCUT2D eigenvalue weighted by Crippen LogP contribution is 2.51. The molecule has 1 amide bonds. The Balaban J connectivity index is 1.77. The van der Waals surface area contributed by atoms with Gasteiger partial charge in [0.2, 0.25) is 0 Å². The van der Waals surface area contributed by atoms with Crippen LogP contribution in [0.15, 0.2) is 90.6 Å². The van der Waals surface area contributed by atoms with Gasteiger partial charge in [0, 0.05) is 23.9 Å². The summed E-state index contributed by atoms with van der Waals surface area (Å²) in [5.74, 6) is -4.39. The maximum Gasteiger partial charge on any atom is 0.327 e. The van der Waals surface area contributed by atoms with E-state index in [0.29, 0.717) is 21.6 Å². The van der Waals surface area contributed by atoms with E-state index in [1.807, 2.05) is 13.0 Å². The third-order valence-corrected chi connectivity index (χ3v) is 7.63. The molecule has 4 unspecified atom stereocenters. The fraction of sp³-hybridized carbons (Fsp3) is 0.172. The van der Waals surface area contributed by atoms with Gasteiger partial charge in [-0.25, -0.2) is 9.18 Å². The smallest absolute Gasteiger partial charge is 0.327 e. The van der Waals surface area contributed by atoms with E-state index in [1.165, 1.54) is 40.5 Å². The number of amides is 1. The molecular weight excluding hydrogens is 491 g/mol. The predicted molar refractivity (Wildman–Crippen MR) is 137 cm³/mol. The molecule has 186 valence electrons. The summed E-state index contributed by atoms with van der Waals surface area (Å²) in [5, 5.41) is 12.2. The summed E-state index contributed by atoms with van der Waals surface area (Å²) in [6.45, 7) is 1.87. The quantitative estimate of drug-likeness (QED) is 0.342. The molecule has 0 spiro atoms. The molecule has 4 atom stereocenters. The lowest BCUT2D eigenvalue weighted by Gasteiger charge is -2.29. The number of carboxylic acid groups (broad SMARTS) is 1. The number of aliphatic carboxylic acids is 1. The van der Waals surface area contributed by atoms with Gasteiger partial charge in [0.1, 0.15) is 11.9 Å². The molecule has 5 rings (SSSR count). The predicted octanol–water partition coefficient (Wildman–Crippen LogP) is 5.52. The second-order valence-corrected chi connectivity index (χ2v) is 9.99. The minimum atomic E-state index is -1.37. The monoisotopic (exact) mass is 514 g/mol. The number of nitrogens with zero attached hydrogens (tertiary/aromatic N) is 2. The van der Waals surface area contributed by atoms with Gasteiger partial charge in [-0.3, -0.25) is 14.6 Å². The molecule has 0 radical (unpaired) electrons. The van der Waals surface area contributed by atoms with Crippen molar-refractivity contribution in [2.45, 2.75) is 24.9 Å². The summed E-state index contributed by atoms with van der Waals surface area (Å²) in [6.07, 6.45) is 3.13. The highest BCUT2D eigenvalue weighted by molar-refractivity contribution is 7.12. The standard InChI is InChI=1S/C29H23FN2O4S/c1-17-5-2-6-19(15-17)27(33)24-23(18-9-11-21(30)12-10-18)26(29(35)36)32(28(34)22-8-4-14-37-22)25(24)20-7-3-13-31-16-20/h2-16,23-26H,1H3,(H,35,36). The van der Waals surface area contributed by atoms with Gasteiger partial charge in [0.15, 0.2) is 5.78 Å². The van der Waals surface area contributed by atoms with Crippen molar-refractivity contribution < 1.29 is 23.9 Å². The summed E-state index contributed by atoms with van der Waals surface area (Å²) in [4.78, 5) is 46.9. The topological polar surface area (TPSA) is 87.6 Å². The van der Waals surface area contributed by atoms with Gasteiger partial charge in [0.25, 0.3) is 5.91 Å². The molecule has 0 bridgehead atoms. The van der Waals surface area contributed by atoms with Crippen LogP contribution in [0.3, 0.4) is 0 Å². The van der Waals surface area contributed by atoms with Crippen LogP contribution >= 0.6 is 11.3 Å². The molecule has 3 heterocycles. The molecule has 2 aromatic heterocycles. The van der Waals surface area contributed by atoms with E-state index in [-0.39, 0.29) is 5.78 Å². The van der Waals surface area contributed by atoms with Crippen LogP contribution in [0.4, 0.5) is 4.39 Å². The van der Waals surface area contributed by atoms with Crippen molar-refractivity contribution in [2.75, 3.05) is 0 Å². The van der Waals surface area contributed by atoms with Crippen LogP contribution in [0, 0.1) is 18.7 Å².